The fourth-order valence-electron chi connectivity index (χ4n) is 3.18. The summed E-state index contributed by atoms with van der Waals surface area (Å²) in [5.41, 5.74) is 4.24. The van der Waals surface area contributed by atoms with Crippen molar-refractivity contribution in [1.29, 1.82) is 0 Å². The number of aromatic amines is 1. The molecular weight excluding hydrogens is 264 g/mol. The van der Waals surface area contributed by atoms with E-state index >= 15 is 0 Å². The Labute approximate surface area is 125 Å². The summed E-state index contributed by atoms with van der Waals surface area (Å²) in [4.78, 5) is 17.6. The molecular formula is C16H24N4O. The first kappa shape index (κ1) is 14.3. The lowest BCUT2D eigenvalue weighted by atomic mass is 9.90. The number of hydrogen-bond acceptors (Lipinski definition) is 3. The van der Waals surface area contributed by atoms with Gasteiger partial charge in [-0.25, -0.2) is 0 Å². The third kappa shape index (κ3) is 2.39. The zero-order chi connectivity index (χ0) is 15.1. The quantitative estimate of drug-likeness (QED) is 0.939. The molecule has 0 aromatic carbocycles. The van der Waals surface area contributed by atoms with Gasteiger partial charge in [0.1, 0.15) is 5.65 Å². The molecule has 0 atom stereocenters. The second-order valence-corrected chi connectivity index (χ2v) is 6.42. The Bertz CT molecular complexity index is 726. The number of pyridine rings is 1. The molecule has 0 saturated heterocycles. The van der Waals surface area contributed by atoms with Gasteiger partial charge in [0.25, 0.3) is 5.56 Å². The van der Waals surface area contributed by atoms with Gasteiger partial charge < -0.3 is 4.98 Å². The van der Waals surface area contributed by atoms with E-state index in [1.54, 1.807) is 0 Å². The van der Waals surface area contributed by atoms with Crippen molar-refractivity contribution >= 4 is 11.0 Å². The van der Waals surface area contributed by atoms with Crippen LogP contribution in [0.1, 0.15) is 43.5 Å². The number of rotatable bonds is 3. The topological polar surface area (TPSA) is 53.9 Å². The van der Waals surface area contributed by atoms with Crippen LogP contribution in [0.25, 0.3) is 11.0 Å². The van der Waals surface area contributed by atoms with Gasteiger partial charge in [-0.15, -0.1) is 0 Å². The Kier molecular flexibility index (Phi) is 3.61. The smallest absolute Gasteiger partial charge is 0.253 e. The van der Waals surface area contributed by atoms with Gasteiger partial charge in [-0.2, -0.15) is 5.10 Å². The Morgan fingerprint density at radius 3 is 2.62 bits per heavy atom. The number of aryl methyl sites for hydroxylation is 2. The third-order valence-corrected chi connectivity index (χ3v) is 4.68. The van der Waals surface area contributed by atoms with Crippen LogP contribution in [0.4, 0.5) is 0 Å². The predicted octanol–water partition coefficient (Wildman–Crippen LogP) is 1.98. The highest BCUT2D eigenvalue weighted by Crippen LogP contribution is 2.28. The fraction of sp³-hybridized carbons (Fsp3) is 0.625. The van der Waals surface area contributed by atoms with Gasteiger partial charge in [-0.3, -0.25) is 14.4 Å². The van der Waals surface area contributed by atoms with Crippen molar-refractivity contribution in [3.8, 4) is 0 Å². The highest BCUT2D eigenvalue weighted by atomic mass is 16.1. The predicted molar refractivity (Wildman–Crippen MR) is 84.6 cm³/mol. The molecule has 0 radical (unpaired) electrons. The molecule has 2 heterocycles. The third-order valence-electron chi connectivity index (χ3n) is 4.68. The number of H-pyrrole nitrogens is 1. The van der Waals surface area contributed by atoms with Crippen LogP contribution in [0.15, 0.2) is 4.79 Å². The molecule has 2 aromatic heterocycles. The van der Waals surface area contributed by atoms with E-state index in [2.05, 4.69) is 35.9 Å². The summed E-state index contributed by atoms with van der Waals surface area (Å²) in [6.07, 6.45) is 4.18. The molecule has 0 amide bonds. The van der Waals surface area contributed by atoms with E-state index < -0.39 is 0 Å². The van der Waals surface area contributed by atoms with E-state index in [0.29, 0.717) is 6.04 Å². The van der Waals surface area contributed by atoms with Crippen molar-refractivity contribution in [1.82, 2.24) is 19.7 Å². The average molecular weight is 288 g/mol. The first-order valence-corrected chi connectivity index (χ1v) is 7.79. The molecule has 0 aliphatic heterocycles. The minimum absolute atomic E-state index is 0.0731. The van der Waals surface area contributed by atoms with E-state index in [0.717, 1.165) is 42.7 Å². The number of nitrogens with one attached hydrogen (secondary N) is 1. The maximum Gasteiger partial charge on any atom is 0.253 e. The summed E-state index contributed by atoms with van der Waals surface area (Å²) in [6, 6.07) is 0.473. The van der Waals surface area contributed by atoms with E-state index in [4.69, 9.17) is 0 Å². The number of aromatic nitrogens is 3. The summed E-state index contributed by atoms with van der Waals surface area (Å²) in [7, 11) is 4.02. The molecule has 114 valence electrons. The highest BCUT2D eigenvalue weighted by Gasteiger charge is 2.22. The first-order chi connectivity index (χ1) is 9.99. The average Bonchev–Trinajstić information content (AvgIpc) is 2.75. The largest absolute Gasteiger partial charge is 0.307 e. The van der Waals surface area contributed by atoms with E-state index in [9.17, 15) is 4.79 Å². The Morgan fingerprint density at radius 1 is 1.29 bits per heavy atom. The summed E-state index contributed by atoms with van der Waals surface area (Å²) in [5.74, 6) is 0. The van der Waals surface area contributed by atoms with Crippen LogP contribution >= 0.6 is 0 Å². The van der Waals surface area contributed by atoms with Crippen LogP contribution in [0, 0.1) is 0 Å². The molecule has 5 heteroatoms. The molecule has 1 aliphatic rings. The van der Waals surface area contributed by atoms with Crippen LogP contribution < -0.4 is 5.56 Å². The molecule has 21 heavy (non-hydrogen) atoms. The van der Waals surface area contributed by atoms with Gasteiger partial charge >= 0.3 is 0 Å². The highest BCUT2D eigenvalue weighted by molar-refractivity contribution is 5.83. The van der Waals surface area contributed by atoms with Crippen molar-refractivity contribution in [2.24, 2.45) is 7.05 Å². The number of nitrogens with zero attached hydrogens (tertiary/aromatic N) is 3. The van der Waals surface area contributed by atoms with Crippen LogP contribution in [-0.2, 0) is 26.4 Å². The number of fused-ring (bicyclic) bond motifs is 3. The maximum absolute atomic E-state index is 12.3. The summed E-state index contributed by atoms with van der Waals surface area (Å²) in [5, 5.41) is 5.85. The van der Waals surface area contributed by atoms with Gasteiger partial charge in [-0.1, -0.05) is 0 Å². The van der Waals surface area contributed by atoms with E-state index in [1.807, 2.05) is 11.7 Å². The van der Waals surface area contributed by atoms with Gasteiger partial charge in [0.05, 0.1) is 5.69 Å². The Balaban J connectivity index is 2.20. The molecule has 0 fully saturated rings. The molecule has 1 N–H and O–H groups in total. The lowest BCUT2D eigenvalue weighted by Crippen LogP contribution is -2.26. The Morgan fingerprint density at radius 2 is 1.95 bits per heavy atom. The minimum atomic E-state index is 0.0731. The monoisotopic (exact) mass is 288 g/mol. The normalized spacial score (nSPS) is 15.1. The fourth-order valence-corrected chi connectivity index (χ4v) is 3.18. The van der Waals surface area contributed by atoms with Crippen LogP contribution in [-0.4, -0.2) is 32.8 Å². The second kappa shape index (κ2) is 5.30. The van der Waals surface area contributed by atoms with Gasteiger partial charge in [0, 0.05) is 30.6 Å². The van der Waals surface area contributed by atoms with Gasteiger partial charge in [-0.05, 0) is 52.1 Å². The second-order valence-electron chi connectivity index (χ2n) is 6.42. The summed E-state index contributed by atoms with van der Waals surface area (Å²) >= 11 is 0. The zero-order valence-electron chi connectivity index (χ0n) is 13.4. The van der Waals surface area contributed by atoms with Crippen molar-refractivity contribution in [2.75, 3.05) is 7.05 Å². The molecule has 0 spiro atoms. The molecule has 2 aromatic rings. The summed E-state index contributed by atoms with van der Waals surface area (Å²) in [6.45, 7) is 5.18. The van der Waals surface area contributed by atoms with Gasteiger partial charge in [0.15, 0.2) is 0 Å². The maximum atomic E-state index is 12.3. The molecule has 0 bridgehead atoms. The molecule has 0 saturated carbocycles. The lowest BCUT2D eigenvalue weighted by molar-refractivity contribution is 0.263. The standard InChI is InChI=1S/C16H24N4O/c1-10(2)19(3)9-13-14-11-7-5-6-8-12(11)16(21)17-15(14)20(4)18-13/h10H,5-9H2,1-4H3,(H,17,21). The molecule has 3 rings (SSSR count). The minimum Gasteiger partial charge on any atom is -0.307 e. The van der Waals surface area contributed by atoms with E-state index in [1.165, 1.54) is 17.4 Å². The molecule has 0 unspecified atom stereocenters. The zero-order valence-corrected chi connectivity index (χ0v) is 13.4. The van der Waals surface area contributed by atoms with Crippen LogP contribution in [0.3, 0.4) is 0 Å². The van der Waals surface area contributed by atoms with Crippen molar-refractivity contribution in [2.45, 2.75) is 52.1 Å². The Hall–Kier alpha value is -1.62. The van der Waals surface area contributed by atoms with Crippen LogP contribution in [0.5, 0.6) is 0 Å². The van der Waals surface area contributed by atoms with Crippen molar-refractivity contribution < 1.29 is 0 Å². The van der Waals surface area contributed by atoms with Crippen molar-refractivity contribution in [3.05, 3.63) is 27.2 Å². The van der Waals surface area contributed by atoms with Gasteiger partial charge in [0.2, 0.25) is 0 Å². The van der Waals surface area contributed by atoms with Crippen LogP contribution in [0.2, 0.25) is 0 Å². The molecule has 1 aliphatic carbocycles. The number of hydrogen-bond donors (Lipinski definition) is 1. The van der Waals surface area contributed by atoms with E-state index in [-0.39, 0.29) is 5.56 Å². The SMILES string of the molecule is CC(C)N(C)Cc1nn(C)c2[nH]c(=O)c3c(c12)CCCC3. The lowest BCUT2D eigenvalue weighted by Gasteiger charge is -2.21. The summed E-state index contributed by atoms with van der Waals surface area (Å²) < 4.78 is 1.81. The first-order valence-electron chi connectivity index (χ1n) is 7.79. The van der Waals surface area contributed by atoms with Crippen molar-refractivity contribution in [3.63, 3.8) is 0 Å². The molecule has 5 nitrogen and oxygen atoms in total.